The molecule has 118 valence electrons. The first kappa shape index (κ1) is 17.4. The van der Waals surface area contributed by atoms with Gasteiger partial charge in [-0.25, -0.2) is 8.42 Å². The molecule has 3 N–H and O–H groups in total. The Bertz CT molecular complexity index is 391. The average molecular weight is 306 g/mol. The highest BCUT2D eigenvalue weighted by Gasteiger charge is 2.26. The van der Waals surface area contributed by atoms with Crippen molar-refractivity contribution in [2.75, 3.05) is 31.2 Å². The third kappa shape index (κ3) is 6.67. The Morgan fingerprint density at radius 2 is 2.20 bits per heavy atom. The van der Waals surface area contributed by atoms with Gasteiger partial charge in [-0.2, -0.15) is 0 Å². The number of hydrogen-bond donors (Lipinski definition) is 3. The molecule has 1 fully saturated rings. The van der Waals surface area contributed by atoms with Gasteiger partial charge in [-0.3, -0.25) is 4.79 Å². The van der Waals surface area contributed by atoms with Crippen LogP contribution in [0.15, 0.2) is 0 Å². The summed E-state index contributed by atoms with van der Waals surface area (Å²) in [5.74, 6) is 0.353. The van der Waals surface area contributed by atoms with Crippen molar-refractivity contribution in [2.24, 2.45) is 5.92 Å². The molecule has 0 aliphatic carbocycles. The van der Waals surface area contributed by atoms with Gasteiger partial charge >= 0.3 is 0 Å². The number of aliphatic hydroxyl groups excluding tert-OH is 1. The Balaban J connectivity index is 2.32. The molecule has 1 heterocycles. The highest BCUT2D eigenvalue weighted by atomic mass is 32.2. The maximum absolute atomic E-state index is 11.8. The molecule has 0 spiro atoms. The summed E-state index contributed by atoms with van der Waals surface area (Å²) in [5.41, 5.74) is 0. The summed E-state index contributed by atoms with van der Waals surface area (Å²) in [6, 6.07) is -0.281. The normalized spacial score (nSPS) is 23.2. The molecule has 2 unspecified atom stereocenters. The lowest BCUT2D eigenvalue weighted by Crippen LogP contribution is -2.47. The third-order valence-electron chi connectivity index (χ3n) is 3.56. The molecule has 1 aliphatic heterocycles. The predicted molar refractivity (Wildman–Crippen MR) is 78.2 cm³/mol. The van der Waals surface area contributed by atoms with Gasteiger partial charge in [0, 0.05) is 32.2 Å². The maximum Gasteiger partial charge on any atom is 0.221 e. The van der Waals surface area contributed by atoms with Crippen LogP contribution in [0.3, 0.4) is 0 Å². The van der Waals surface area contributed by atoms with Crippen LogP contribution in [-0.2, 0) is 14.6 Å². The number of hydrogen-bond acceptors (Lipinski definition) is 5. The molecule has 0 radical (unpaired) electrons. The van der Waals surface area contributed by atoms with Crippen molar-refractivity contribution in [3.8, 4) is 0 Å². The highest BCUT2D eigenvalue weighted by Crippen LogP contribution is 2.10. The number of rotatable bonds is 8. The van der Waals surface area contributed by atoms with Crippen LogP contribution in [0.5, 0.6) is 0 Å². The lowest BCUT2D eigenvalue weighted by molar-refractivity contribution is -0.121. The van der Waals surface area contributed by atoms with E-state index < -0.39 is 9.84 Å². The highest BCUT2D eigenvalue weighted by molar-refractivity contribution is 7.91. The van der Waals surface area contributed by atoms with E-state index in [-0.39, 0.29) is 42.4 Å². The van der Waals surface area contributed by atoms with Crippen molar-refractivity contribution in [1.29, 1.82) is 0 Å². The smallest absolute Gasteiger partial charge is 0.221 e. The van der Waals surface area contributed by atoms with E-state index in [9.17, 15) is 13.2 Å². The number of amides is 1. The maximum atomic E-state index is 11.8. The summed E-state index contributed by atoms with van der Waals surface area (Å²) < 4.78 is 23.0. The molecular weight excluding hydrogens is 280 g/mol. The van der Waals surface area contributed by atoms with E-state index >= 15 is 0 Å². The molecule has 0 aromatic rings. The van der Waals surface area contributed by atoms with E-state index in [1.165, 1.54) is 0 Å². The minimum absolute atomic E-state index is 0.0372. The number of aliphatic hydroxyl groups is 1. The Hall–Kier alpha value is -0.660. The van der Waals surface area contributed by atoms with E-state index in [2.05, 4.69) is 17.6 Å². The summed E-state index contributed by atoms with van der Waals surface area (Å²) in [6.07, 6.45) is 2.86. The average Bonchev–Trinajstić information content (AvgIpc) is 2.35. The van der Waals surface area contributed by atoms with Crippen LogP contribution >= 0.6 is 0 Å². The first-order chi connectivity index (χ1) is 9.46. The van der Waals surface area contributed by atoms with Gasteiger partial charge in [-0.05, 0) is 18.8 Å². The second kappa shape index (κ2) is 8.59. The number of carbonyl (C=O) groups excluding carboxylic acids is 1. The van der Waals surface area contributed by atoms with Gasteiger partial charge in [0.05, 0.1) is 11.5 Å². The van der Waals surface area contributed by atoms with Gasteiger partial charge in [0.15, 0.2) is 9.84 Å². The van der Waals surface area contributed by atoms with Crippen molar-refractivity contribution in [3.63, 3.8) is 0 Å². The Kier molecular flexibility index (Phi) is 7.47. The van der Waals surface area contributed by atoms with Gasteiger partial charge in [-0.15, -0.1) is 0 Å². The lowest BCUT2D eigenvalue weighted by Gasteiger charge is -2.23. The van der Waals surface area contributed by atoms with Crippen molar-refractivity contribution in [3.05, 3.63) is 0 Å². The zero-order chi connectivity index (χ0) is 15.0. The zero-order valence-corrected chi connectivity index (χ0v) is 12.9. The predicted octanol–water partition coefficient (Wildman–Crippen LogP) is -0.322. The second-order valence-corrected chi connectivity index (χ2v) is 7.67. The van der Waals surface area contributed by atoms with Crippen LogP contribution in [0.1, 0.15) is 32.6 Å². The molecule has 1 amide bonds. The molecule has 0 bridgehead atoms. The third-order valence-corrected chi connectivity index (χ3v) is 5.29. The van der Waals surface area contributed by atoms with Gasteiger partial charge < -0.3 is 15.7 Å². The van der Waals surface area contributed by atoms with Gasteiger partial charge in [0.25, 0.3) is 0 Å². The monoisotopic (exact) mass is 306 g/mol. The van der Waals surface area contributed by atoms with E-state index in [0.717, 1.165) is 12.8 Å². The largest absolute Gasteiger partial charge is 0.396 e. The van der Waals surface area contributed by atoms with Gasteiger partial charge in [0.1, 0.15) is 0 Å². The molecule has 0 aromatic heterocycles. The first-order valence-corrected chi connectivity index (χ1v) is 9.10. The van der Waals surface area contributed by atoms with Crippen LogP contribution < -0.4 is 10.6 Å². The quantitative estimate of drug-likeness (QED) is 0.571. The molecule has 0 aromatic carbocycles. The van der Waals surface area contributed by atoms with E-state index in [0.29, 0.717) is 19.5 Å². The Morgan fingerprint density at radius 1 is 1.45 bits per heavy atom. The molecular formula is C13H26N2O4S. The molecule has 20 heavy (non-hydrogen) atoms. The van der Waals surface area contributed by atoms with Crippen LogP contribution in [0.25, 0.3) is 0 Å². The van der Waals surface area contributed by atoms with Crippen LogP contribution in [0.2, 0.25) is 0 Å². The fraction of sp³-hybridized carbons (Fsp3) is 0.923. The minimum atomic E-state index is -3.00. The summed E-state index contributed by atoms with van der Waals surface area (Å²) in [5, 5.41) is 14.9. The molecule has 1 saturated heterocycles. The Labute approximate surface area is 121 Å². The molecule has 1 rings (SSSR count). The summed E-state index contributed by atoms with van der Waals surface area (Å²) >= 11 is 0. The minimum Gasteiger partial charge on any atom is -0.396 e. The molecule has 6 nitrogen and oxygen atoms in total. The van der Waals surface area contributed by atoms with Crippen molar-refractivity contribution in [1.82, 2.24) is 10.6 Å². The SMILES string of the molecule is CCCC(CCO)CNC(=O)CC1CS(=O)(=O)CCN1. The van der Waals surface area contributed by atoms with Crippen LogP contribution in [-0.4, -0.2) is 56.7 Å². The Morgan fingerprint density at radius 3 is 2.80 bits per heavy atom. The van der Waals surface area contributed by atoms with Crippen LogP contribution in [0, 0.1) is 5.92 Å². The summed E-state index contributed by atoms with van der Waals surface area (Å²) in [4.78, 5) is 11.8. The van der Waals surface area contributed by atoms with Crippen molar-refractivity contribution >= 4 is 15.7 Å². The fourth-order valence-electron chi connectivity index (χ4n) is 2.49. The van der Waals surface area contributed by atoms with E-state index in [1.807, 2.05) is 0 Å². The van der Waals surface area contributed by atoms with Crippen LogP contribution in [0.4, 0.5) is 0 Å². The number of carbonyl (C=O) groups is 1. The number of sulfone groups is 1. The number of nitrogens with one attached hydrogen (secondary N) is 2. The van der Waals surface area contributed by atoms with E-state index in [1.54, 1.807) is 0 Å². The lowest BCUT2D eigenvalue weighted by atomic mass is 10.00. The standard InChI is InChI=1S/C13H26N2O4S/c1-2-3-11(4-6-16)9-15-13(17)8-12-10-20(18,19)7-5-14-12/h11-12,14,16H,2-10H2,1H3,(H,15,17). The topological polar surface area (TPSA) is 95.5 Å². The summed E-state index contributed by atoms with van der Waals surface area (Å²) in [6.45, 7) is 3.17. The first-order valence-electron chi connectivity index (χ1n) is 7.28. The van der Waals surface area contributed by atoms with E-state index in [4.69, 9.17) is 5.11 Å². The molecule has 7 heteroatoms. The molecule has 2 atom stereocenters. The summed E-state index contributed by atoms with van der Waals surface area (Å²) in [7, 11) is -3.00. The van der Waals surface area contributed by atoms with Crippen molar-refractivity contribution in [2.45, 2.75) is 38.6 Å². The van der Waals surface area contributed by atoms with Gasteiger partial charge in [0.2, 0.25) is 5.91 Å². The zero-order valence-electron chi connectivity index (χ0n) is 12.1. The molecule has 0 saturated carbocycles. The van der Waals surface area contributed by atoms with Crippen molar-refractivity contribution < 1.29 is 18.3 Å². The second-order valence-electron chi connectivity index (χ2n) is 5.44. The van der Waals surface area contributed by atoms with Gasteiger partial charge in [-0.1, -0.05) is 13.3 Å². The fourth-order valence-corrected chi connectivity index (χ4v) is 3.94. The molecule has 1 aliphatic rings.